The minimum absolute atomic E-state index is 0.446. The van der Waals surface area contributed by atoms with Gasteiger partial charge in [-0.15, -0.1) is 6.58 Å². The fourth-order valence-electron chi connectivity index (χ4n) is 1.90. The van der Waals surface area contributed by atoms with Crippen LogP contribution in [0.4, 0.5) is 0 Å². The van der Waals surface area contributed by atoms with E-state index in [-0.39, 0.29) is 0 Å². The van der Waals surface area contributed by atoms with Crippen LogP contribution in [0.1, 0.15) is 43.9 Å². The van der Waals surface area contributed by atoms with E-state index in [1.807, 2.05) is 17.8 Å². The first-order chi connectivity index (χ1) is 8.69. The molecule has 100 valence electrons. The van der Waals surface area contributed by atoms with Crippen LogP contribution in [0.3, 0.4) is 0 Å². The first kappa shape index (κ1) is 15.3. The fourth-order valence-corrected chi connectivity index (χ4v) is 2.75. The van der Waals surface area contributed by atoms with Gasteiger partial charge < -0.3 is 5.32 Å². The zero-order chi connectivity index (χ0) is 13.4. The maximum absolute atomic E-state index is 3.77. The molecule has 1 nitrogen and oxygen atoms in total. The number of hydrogen-bond donors (Lipinski definition) is 1. The quantitative estimate of drug-likeness (QED) is 0.552. The second kappa shape index (κ2) is 8.39. The zero-order valence-electron chi connectivity index (χ0n) is 11.8. The molecule has 0 aliphatic rings. The number of benzene rings is 1. The molecule has 1 rings (SSSR count). The lowest BCUT2D eigenvalue weighted by atomic mass is 9.99. The van der Waals surface area contributed by atoms with Crippen molar-refractivity contribution in [2.75, 3.05) is 18.1 Å². The molecule has 1 N–H and O–H groups in total. The molecule has 0 fully saturated rings. The van der Waals surface area contributed by atoms with Gasteiger partial charge in [-0.2, -0.15) is 11.8 Å². The highest BCUT2D eigenvalue weighted by Crippen LogP contribution is 2.21. The Balaban J connectivity index is 2.68. The lowest BCUT2D eigenvalue weighted by molar-refractivity contribution is 0.606. The maximum Gasteiger partial charge on any atom is 0.0411 e. The molecular weight excluding hydrogens is 238 g/mol. The Morgan fingerprint density at radius 1 is 1.22 bits per heavy atom. The van der Waals surface area contributed by atoms with Crippen LogP contribution in [0, 0.1) is 0 Å². The molecule has 0 saturated carbocycles. The van der Waals surface area contributed by atoms with E-state index in [2.05, 4.69) is 56.9 Å². The molecule has 1 aromatic rings. The Morgan fingerprint density at radius 3 is 2.33 bits per heavy atom. The van der Waals surface area contributed by atoms with Gasteiger partial charge in [0.1, 0.15) is 0 Å². The summed E-state index contributed by atoms with van der Waals surface area (Å²) < 4.78 is 0. The molecule has 2 heteroatoms. The summed E-state index contributed by atoms with van der Waals surface area (Å²) in [6.45, 7) is 11.4. The highest BCUT2D eigenvalue weighted by atomic mass is 32.2. The molecular formula is C16H25NS. The molecule has 1 unspecified atom stereocenters. The van der Waals surface area contributed by atoms with Crippen LogP contribution in [0.5, 0.6) is 0 Å². The Kier molecular flexibility index (Phi) is 7.14. The molecule has 0 bridgehead atoms. The molecule has 1 atom stereocenters. The van der Waals surface area contributed by atoms with Crippen molar-refractivity contribution >= 4 is 11.8 Å². The van der Waals surface area contributed by atoms with Crippen molar-refractivity contribution in [3.63, 3.8) is 0 Å². The summed E-state index contributed by atoms with van der Waals surface area (Å²) in [4.78, 5) is 0. The molecule has 18 heavy (non-hydrogen) atoms. The topological polar surface area (TPSA) is 12.0 Å². The molecule has 0 aromatic heterocycles. The van der Waals surface area contributed by atoms with Crippen LogP contribution >= 0.6 is 11.8 Å². The van der Waals surface area contributed by atoms with E-state index in [1.165, 1.54) is 11.1 Å². The molecule has 0 aliphatic carbocycles. The van der Waals surface area contributed by atoms with Crippen LogP contribution < -0.4 is 5.32 Å². The van der Waals surface area contributed by atoms with Gasteiger partial charge in [-0.1, -0.05) is 51.1 Å². The highest BCUT2D eigenvalue weighted by molar-refractivity contribution is 7.99. The predicted octanol–water partition coefficient (Wildman–Crippen LogP) is 4.38. The third-order valence-corrected chi connectivity index (χ3v) is 4.02. The molecule has 0 spiro atoms. The molecule has 0 amide bonds. The molecule has 0 aliphatic heterocycles. The summed E-state index contributed by atoms with van der Waals surface area (Å²) in [5.74, 6) is 2.72. The Morgan fingerprint density at radius 2 is 1.83 bits per heavy atom. The van der Waals surface area contributed by atoms with Gasteiger partial charge in [-0.05, 0) is 23.6 Å². The summed E-state index contributed by atoms with van der Waals surface area (Å²) >= 11 is 1.93. The Hall–Kier alpha value is -0.730. The standard InChI is InChI=1S/C16H25NS/c1-5-11-18-12-16(17-6-2)15-9-7-14(8-10-15)13(3)4/h5,7-10,13,16-17H,1,6,11-12H2,2-4H3. The van der Waals surface area contributed by atoms with Crippen molar-refractivity contribution in [2.45, 2.75) is 32.7 Å². The van der Waals surface area contributed by atoms with E-state index in [4.69, 9.17) is 0 Å². The summed E-state index contributed by atoms with van der Waals surface area (Å²) in [7, 11) is 0. The second-order valence-corrected chi connectivity index (χ2v) is 5.83. The summed E-state index contributed by atoms with van der Waals surface area (Å²) in [5.41, 5.74) is 2.80. The van der Waals surface area contributed by atoms with Gasteiger partial charge in [0.05, 0.1) is 0 Å². The number of rotatable bonds is 8. The van der Waals surface area contributed by atoms with Gasteiger partial charge in [0, 0.05) is 17.5 Å². The third kappa shape index (κ3) is 4.87. The van der Waals surface area contributed by atoms with Gasteiger partial charge in [-0.3, -0.25) is 0 Å². The van der Waals surface area contributed by atoms with E-state index < -0.39 is 0 Å². The second-order valence-electron chi connectivity index (χ2n) is 4.76. The minimum Gasteiger partial charge on any atom is -0.310 e. The number of nitrogens with one attached hydrogen (secondary N) is 1. The van der Waals surface area contributed by atoms with Crippen molar-refractivity contribution < 1.29 is 0 Å². The van der Waals surface area contributed by atoms with Crippen molar-refractivity contribution in [1.29, 1.82) is 0 Å². The first-order valence-corrected chi connectivity index (χ1v) is 7.86. The van der Waals surface area contributed by atoms with E-state index in [1.54, 1.807) is 0 Å². The smallest absolute Gasteiger partial charge is 0.0411 e. The Bertz CT molecular complexity index is 343. The van der Waals surface area contributed by atoms with Gasteiger partial charge in [0.15, 0.2) is 0 Å². The van der Waals surface area contributed by atoms with Gasteiger partial charge >= 0.3 is 0 Å². The molecule has 0 heterocycles. The van der Waals surface area contributed by atoms with E-state index in [0.29, 0.717) is 12.0 Å². The van der Waals surface area contributed by atoms with Crippen LogP contribution in [-0.4, -0.2) is 18.1 Å². The molecule has 0 saturated heterocycles. The van der Waals surface area contributed by atoms with Crippen LogP contribution in [-0.2, 0) is 0 Å². The van der Waals surface area contributed by atoms with Gasteiger partial charge in [0.2, 0.25) is 0 Å². The predicted molar refractivity (Wildman–Crippen MR) is 84.5 cm³/mol. The first-order valence-electron chi connectivity index (χ1n) is 6.70. The maximum atomic E-state index is 3.77. The number of thioether (sulfide) groups is 1. The highest BCUT2D eigenvalue weighted by Gasteiger charge is 2.10. The van der Waals surface area contributed by atoms with Crippen LogP contribution in [0.25, 0.3) is 0 Å². The zero-order valence-corrected chi connectivity index (χ0v) is 12.6. The largest absolute Gasteiger partial charge is 0.310 e. The minimum atomic E-state index is 0.446. The lowest BCUT2D eigenvalue weighted by Gasteiger charge is -2.18. The Labute approximate surface area is 116 Å². The van der Waals surface area contributed by atoms with Gasteiger partial charge in [0.25, 0.3) is 0 Å². The lowest BCUT2D eigenvalue weighted by Crippen LogP contribution is -2.23. The van der Waals surface area contributed by atoms with Crippen molar-refractivity contribution in [3.8, 4) is 0 Å². The summed E-state index contributed by atoms with van der Waals surface area (Å²) in [5, 5.41) is 3.55. The van der Waals surface area contributed by atoms with Gasteiger partial charge in [-0.25, -0.2) is 0 Å². The molecule has 1 aromatic carbocycles. The van der Waals surface area contributed by atoms with Crippen molar-refractivity contribution in [3.05, 3.63) is 48.0 Å². The van der Waals surface area contributed by atoms with E-state index in [0.717, 1.165) is 18.1 Å². The normalized spacial score (nSPS) is 12.7. The van der Waals surface area contributed by atoms with Crippen molar-refractivity contribution in [1.82, 2.24) is 5.32 Å². The van der Waals surface area contributed by atoms with Crippen LogP contribution in [0.2, 0.25) is 0 Å². The SMILES string of the molecule is C=CCSCC(NCC)c1ccc(C(C)C)cc1. The van der Waals surface area contributed by atoms with Crippen molar-refractivity contribution in [2.24, 2.45) is 0 Å². The third-order valence-electron chi connectivity index (χ3n) is 2.98. The summed E-state index contributed by atoms with van der Waals surface area (Å²) in [6, 6.07) is 9.47. The fraction of sp³-hybridized carbons (Fsp3) is 0.500. The van der Waals surface area contributed by atoms with Crippen LogP contribution in [0.15, 0.2) is 36.9 Å². The monoisotopic (exact) mass is 263 g/mol. The van der Waals surface area contributed by atoms with E-state index in [9.17, 15) is 0 Å². The average molecular weight is 263 g/mol. The molecule has 0 radical (unpaired) electrons. The average Bonchev–Trinajstić information content (AvgIpc) is 2.38. The number of hydrogen-bond acceptors (Lipinski definition) is 2. The summed E-state index contributed by atoms with van der Waals surface area (Å²) in [6.07, 6.45) is 1.97. The van der Waals surface area contributed by atoms with E-state index >= 15 is 0 Å².